The molecule has 0 aliphatic heterocycles. The third-order valence-corrected chi connectivity index (χ3v) is 1.80. The first kappa shape index (κ1) is 12.3. The minimum Gasteiger partial charge on any atom is -0.491 e. The molecular weight excluding hydrogens is 213 g/mol. The molecule has 0 saturated carbocycles. The van der Waals surface area contributed by atoms with Crippen molar-refractivity contribution in [1.29, 1.82) is 0 Å². The van der Waals surface area contributed by atoms with Gasteiger partial charge in [-0.25, -0.2) is 9.18 Å². The lowest BCUT2D eigenvalue weighted by molar-refractivity contribution is 0.207. The fraction of sp³-hybridized carbons (Fsp3) is 0.364. The van der Waals surface area contributed by atoms with Gasteiger partial charge in [0.15, 0.2) is 11.6 Å². The van der Waals surface area contributed by atoms with Crippen molar-refractivity contribution in [2.75, 3.05) is 0 Å². The fourth-order valence-electron chi connectivity index (χ4n) is 1.20. The first-order chi connectivity index (χ1) is 7.40. The molecule has 0 heterocycles. The molecule has 1 aromatic rings. The maximum atomic E-state index is 13.3. The lowest BCUT2D eigenvalue weighted by Gasteiger charge is -2.13. The van der Waals surface area contributed by atoms with Gasteiger partial charge in [-0.05, 0) is 32.4 Å². The molecule has 0 saturated heterocycles. The molecule has 88 valence electrons. The maximum Gasteiger partial charge on any atom is 0.410 e. The van der Waals surface area contributed by atoms with Crippen LogP contribution in [0.1, 0.15) is 19.4 Å². The normalized spacial score (nSPS) is 10.3. The molecule has 0 bridgehead atoms. The van der Waals surface area contributed by atoms with Crippen LogP contribution in [0.25, 0.3) is 0 Å². The monoisotopic (exact) mass is 227 g/mol. The highest BCUT2D eigenvalue weighted by atomic mass is 19.1. The van der Waals surface area contributed by atoms with Crippen LogP contribution in [0.5, 0.6) is 11.5 Å². The van der Waals surface area contributed by atoms with Gasteiger partial charge in [-0.3, -0.25) is 0 Å². The van der Waals surface area contributed by atoms with Crippen LogP contribution < -0.4 is 15.2 Å². The Bertz CT molecular complexity index is 404. The number of rotatable bonds is 3. The Hall–Kier alpha value is -1.78. The topological polar surface area (TPSA) is 61.5 Å². The first-order valence-corrected chi connectivity index (χ1v) is 4.84. The molecule has 0 unspecified atom stereocenters. The predicted molar refractivity (Wildman–Crippen MR) is 57.1 cm³/mol. The van der Waals surface area contributed by atoms with Crippen molar-refractivity contribution in [2.24, 2.45) is 5.73 Å². The third kappa shape index (κ3) is 3.12. The minimum atomic E-state index is -1.06. The smallest absolute Gasteiger partial charge is 0.410 e. The molecule has 16 heavy (non-hydrogen) atoms. The average Bonchev–Trinajstić information content (AvgIpc) is 2.11. The molecule has 0 aliphatic rings. The molecule has 0 spiro atoms. The van der Waals surface area contributed by atoms with Gasteiger partial charge in [-0.1, -0.05) is 0 Å². The number of amides is 1. The van der Waals surface area contributed by atoms with Crippen molar-refractivity contribution in [3.63, 3.8) is 0 Å². The largest absolute Gasteiger partial charge is 0.491 e. The molecule has 1 rings (SSSR count). The number of aryl methyl sites for hydroxylation is 1. The second kappa shape index (κ2) is 4.83. The Morgan fingerprint density at radius 3 is 2.50 bits per heavy atom. The number of nitrogens with two attached hydrogens (primary N) is 1. The van der Waals surface area contributed by atoms with E-state index < -0.39 is 11.9 Å². The molecule has 0 aromatic heterocycles. The van der Waals surface area contributed by atoms with Crippen LogP contribution in [0.4, 0.5) is 9.18 Å². The summed E-state index contributed by atoms with van der Waals surface area (Å²) in [6.45, 7) is 5.39. The summed E-state index contributed by atoms with van der Waals surface area (Å²) in [6.07, 6.45) is -1.11. The van der Waals surface area contributed by atoms with E-state index in [0.717, 1.165) is 0 Å². The van der Waals surface area contributed by atoms with Gasteiger partial charge in [-0.2, -0.15) is 0 Å². The second-order valence-corrected chi connectivity index (χ2v) is 3.64. The molecular formula is C11H14FNO3. The lowest BCUT2D eigenvalue weighted by Crippen LogP contribution is -2.17. The zero-order valence-corrected chi connectivity index (χ0v) is 9.41. The molecule has 0 atom stereocenters. The van der Waals surface area contributed by atoms with E-state index in [4.69, 9.17) is 10.5 Å². The third-order valence-electron chi connectivity index (χ3n) is 1.80. The van der Waals surface area contributed by atoms with E-state index >= 15 is 0 Å². The Kier molecular flexibility index (Phi) is 3.71. The minimum absolute atomic E-state index is 0.0504. The van der Waals surface area contributed by atoms with Crippen LogP contribution in [0.3, 0.4) is 0 Å². The van der Waals surface area contributed by atoms with Gasteiger partial charge in [0.25, 0.3) is 0 Å². The molecule has 5 heteroatoms. The summed E-state index contributed by atoms with van der Waals surface area (Å²) in [7, 11) is 0. The summed E-state index contributed by atoms with van der Waals surface area (Å²) in [6, 6.07) is 2.55. The van der Waals surface area contributed by atoms with Crippen molar-refractivity contribution in [1.82, 2.24) is 0 Å². The molecule has 0 radical (unpaired) electrons. The zero-order chi connectivity index (χ0) is 12.3. The summed E-state index contributed by atoms with van der Waals surface area (Å²) >= 11 is 0. The fourth-order valence-corrected chi connectivity index (χ4v) is 1.20. The molecule has 1 amide bonds. The van der Waals surface area contributed by atoms with Crippen LogP contribution in [0.2, 0.25) is 0 Å². The summed E-state index contributed by atoms with van der Waals surface area (Å²) in [5.74, 6) is -0.409. The molecule has 4 nitrogen and oxygen atoms in total. The van der Waals surface area contributed by atoms with Gasteiger partial charge >= 0.3 is 6.09 Å². The van der Waals surface area contributed by atoms with Crippen molar-refractivity contribution in [2.45, 2.75) is 26.9 Å². The Balaban J connectivity index is 3.05. The van der Waals surface area contributed by atoms with Crippen molar-refractivity contribution in [3.05, 3.63) is 23.5 Å². The number of ether oxygens (including phenoxy) is 2. The van der Waals surface area contributed by atoms with E-state index in [9.17, 15) is 9.18 Å². The number of carbonyl (C=O) groups excluding carboxylic acids is 1. The van der Waals surface area contributed by atoms with Crippen molar-refractivity contribution in [3.8, 4) is 11.5 Å². The van der Waals surface area contributed by atoms with E-state index in [1.54, 1.807) is 6.92 Å². The Morgan fingerprint density at radius 1 is 1.38 bits per heavy atom. The van der Waals surface area contributed by atoms with Gasteiger partial charge in [0.05, 0.1) is 6.10 Å². The summed E-state index contributed by atoms with van der Waals surface area (Å²) in [4.78, 5) is 10.5. The number of benzene rings is 1. The molecule has 2 N–H and O–H groups in total. The van der Waals surface area contributed by atoms with E-state index in [-0.39, 0.29) is 11.9 Å². The van der Waals surface area contributed by atoms with Gasteiger partial charge in [-0.15, -0.1) is 0 Å². The molecule has 1 aromatic carbocycles. The van der Waals surface area contributed by atoms with E-state index in [1.807, 2.05) is 13.8 Å². The van der Waals surface area contributed by atoms with Crippen molar-refractivity contribution >= 4 is 6.09 Å². The zero-order valence-electron chi connectivity index (χ0n) is 9.41. The second-order valence-electron chi connectivity index (χ2n) is 3.64. The van der Waals surface area contributed by atoms with Crippen molar-refractivity contribution < 1.29 is 18.7 Å². The number of hydrogen-bond donors (Lipinski definition) is 1. The van der Waals surface area contributed by atoms with Crippen LogP contribution >= 0.6 is 0 Å². The SMILES string of the molecule is Cc1cc(F)c(OC(N)=O)cc1OC(C)C. The number of halogens is 1. The quantitative estimate of drug-likeness (QED) is 0.862. The highest BCUT2D eigenvalue weighted by Gasteiger charge is 2.12. The van der Waals surface area contributed by atoms with E-state index in [2.05, 4.69) is 4.74 Å². The van der Waals surface area contributed by atoms with Gasteiger partial charge in [0.2, 0.25) is 0 Å². The van der Waals surface area contributed by atoms with E-state index in [1.165, 1.54) is 12.1 Å². The Morgan fingerprint density at radius 2 is 2.00 bits per heavy atom. The number of primary amides is 1. The lowest BCUT2D eigenvalue weighted by atomic mass is 10.2. The highest BCUT2D eigenvalue weighted by Crippen LogP contribution is 2.28. The molecule has 0 fully saturated rings. The Labute approximate surface area is 93.2 Å². The van der Waals surface area contributed by atoms with E-state index in [0.29, 0.717) is 11.3 Å². The first-order valence-electron chi connectivity index (χ1n) is 4.84. The highest BCUT2D eigenvalue weighted by molar-refractivity contribution is 5.68. The maximum absolute atomic E-state index is 13.3. The standard InChI is InChI=1S/C11H14FNO3/c1-6(2)15-9-5-10(16-11(13)14)8(12)4-7(9)3/h4-6H,1-3H3,(H2,13,14). The average molecular weight is 227 g/mol. The number of hydrogen-bond acceptors (Lipinski definition) is 3. The van der Waals surface area contributed by atoms with Gasteiger partial charge < -0.3 is 15.2 Å². The van der Waals surface area contributed by atoms with Gasteiger partial charge in [0, 0.05) is 6.07 Å². The number of carbonyl (C=O) groups is 1. The summed E-state index contributed by atoms with van der Waals surface area (Å²) in [5.41, 5.74) is 5.44. The van der Waals surface area contributed by atoms with Crippen LogP contribution in [0.15, 0.2) is 12.1 Å². The van der Waals surface area contributed by atoms with Gasteiger partial charge in [0.1, 0.15) is 5.75 Å². The van der Waals surface area contributed by atoms with Crippen LogP contribution in [-0.4, -0.2) is 12.2 Å². The molecule has 0 aliphatic carbocycles. The van der Waals surface area contributed by atoms with Crippen LogP contribution in [0, 0.1) is 12.7 Å². The summed E-state index contributed by atoms with van der Waals surface area (Å²) in [5, 5.41) is 0. The summed E-state index contributed by atoms with van der Waals surface area (Å²) < 4.78 is 23.3. The predicted octanol–water partition coefficient (Wildman–Crippen LogP) is 2.38. The van der Waals surface area contributed by atoms with Crippen LogP contribution in [-0.2, 0) is 0 Å².